The van der Waals surface area contributed by atoms with Gasteiger partial charge < -0.3 is 13.7 Å². The number of ether oxygens (including phenoxy) is 1. The quantitative estimate of drug-likeness (QED) is 0.583. The maximum absolute atomic E-state index is 6.28. The second-order valence-corrected chi connectivity index (χ2v) is 7.51. The van der Waals surface area contributed by atoms with E-state index in [0.717, 1.165) is 42.2 Å². The Labute approximate surface area is 159 Å². The van der Waals surface area contributed by atoms with Crippen molar-refractivity contribution in [3.8, 4) is 11.5 Å². The molecule has 1 aromatic carbocycles. The van der Waals surface area contributed by atoms with Gasteiger partial charge >= 0.3 is 0 Å². The number of halogens is 2. The van der Waals surface area contributed by atoms with Crippen molar-refractivity contribution in [1.82, 2.24) is 4.57 Å². The van der Waals surface area contributed by atoms with Crippen LogP contribution in [0.4, 0.5) is 5.69 Å². The highest BCUT2D eigenvalue weighted by Gasteiger charge is 2.19. The second kappa shape index (κ2) is 7.38. The largest absolute Gasteiger partial charge is 0.463 e. The third-order valence-electron chi connectivity index (χ3n) is 4.11. The summed E-state index contributed by atoms with van der Waals surface area (Å²) in [6, 6.07) is 9.15. The van der Waals surface area contributed by atoms with Gasteiger partial charge in [0.2, 0.25) is 0 Å². The van der Waals surface area contributed by atoms with E-state index in [0.29, 0.717) is 15.7 Å². The molecule has 0 bridgehead atoms. The normalized spacial score (nSPS) is 18.2. The van der Waals surface area contributed by atoms with Gasteiger partial charge in [-0.05, 0) is 43.2 Å². The second-order valence-electron chi connectivity index (χ2n) is 5.83. The number of furan rings is 1. The molecule has 1 unspecified atom stereocenters. The van der Waals surface area contributed by atoms with Crippen molar-refractivity contribution in [3.63, 3.8) is 0 Å². The van der Waals surface area contributed by atoms with Gasteiger partial charge in [0.25, 0.3) is 0 Å². The molecule has 1 aliphatic rings. The molecule has 4 nitrogen and oxygen atoms in total. The predicted molar refractivity (Wildman–Crippen MR) is 101 cm³/mol. The Balaban J connectivity index is 1.79. The zero-order valence-corrected chi connectivity index (χ0v) is 15.7. The highest BCUT2D eigenvalue weighted by atomic mass is 35.5. The van der Waals surface area contributed by atoms with E-state index in [2.05, 4.69) is 9.95 Å². The molecule has 1 atom stereocenters. The Hall–Kier alpha value is -1.53. The fraction of sp³-hybridized carbons (Fsp3) is 0.278. The molecule has 1 aliphatic heterocycles. The molecule has 0 amide bonds. The van der Waals surface area contributed by atoms with Gasteiger partial charge in [0.15, 0.2) is 10.6 Å². The zero-order chi connectivity index (χ0) is 17.2. The van der Waals surface area contributed by atoms with Crippen LogP contribution in [0.15, 0.2) is 51.4 Å². The molecule has 0 spiro atoms. The number of benzene rings is 1. The standard InChI is InChI=1S/C18H16Cl2N2O2S/c19-12-5-6-15(14(20)9-12)21-18-22(10-13-3-1-7-23-13)16(11-25-18)17-4-2-8-24-17/h2,4-6,8-9,11,13H,1,3,7,10H2. The van der Waals surface area contributed by atoms with Crippen LogP contribution in [-0.4, -0.2) is 17.3 Å². The van der Waals surface area contributed by atoms with Crippen molar-refractivity contribution in [2.75, 3.05) is 6.61 Å². The number of hydrogen-bond donors (Lipinski definition) is 0. The highest BCUT2D eigenvalue weighted by molar-refractivity contribution is 7.07. The number of hydrogen-bond acceptors (Lipinski definition) is 4. The van der Waals surface area contributed by atoms with Gasteiger partial charge in [-0.3, -0.25) is 0 Å². The molecule has 0 N–H and O–H groups in total. The monoisotopic (exact) mass is 394 g/mol. The van der Waals surface area contributed by atoms with Gasteiger partial charge in [-0.15, -0.1) is 11.3 Å². The summed E-state index contributed by atoms with van der Waals surface area (Å²) in [5.74, 6) is 0.818. The molecule has 130 valence electrons. The Morgan fingerprint density at radius 1 is 1.28 bits per heavy atom. The van der Waals surface area contributed by atoms with Gasteiger partial charge in [0.05, 0.1) is 35.3 Å². The van der Waals surface area contributed by atoms with Crippen molar-refractivity contribution in [1.29, 1.82) is 0 Å². The van der Waals surface area contributed by atoms with E-state index in [4.69, 9.17) is 37.3 Å². The van der Waals surface area contributed by atoms with Crippen LogP contribution in [0.3, 0.4) is 0 Å². The van der Waals surface area contributed by atoms with Crippen LogP contribution in [-0.2, 0) is 11.3 Å². The molecular formula is C18H16Cl2N2O2S. The average molecular weight is 395 g/mol. The molecule has 3 aromatic rings. The number of thiazole rings is 1. The molecule has 7 heteroatoms. The van der Waals surface area contributed by atoms with E-state index in [1.165, 1.54) is 0 Å². The molecular weight excluding hydrogens is 379 g/mol. The third-order valence-corrected chi connectivity index (χ3v) is 5.51. The Kier molecular flexibility index (Phi) is 4.99. The average Bonchev–Trinajstić information content (AvgIpc) is 3.33. The molecule has 4 rings (SSSR count). The van der Waals surface area contributed by atoms with Gasteiger partial charge in [-0.1, -0.05) is 23.2 Å². The Morgan fingerprint density at radius 3 is 2.92 bits per heavy atom. The van der Waals surface area contributed by atoms with E-state index in [1.54, 1.807) is 29.7 Å². The number of rotatable bonds is 4. The van der Waals surface area contributed by atoms with Crippen LogP contribution in [0.25, 0.3) is 11.5 Å². The van der Waals surface area contributed by atoms with E-state index < -0.39 is 0 Å². The topological polar surface area (TPSA) is 39.7 Å². The summed E-state index contributed by atoms with van der Waals surface area (Å²) < 4.78 is 13.5. The Morgan fingerprint density at radius 2 is 2.20 bits per heavy atom. The van der Waals surface area contributed by atoms with Gasteiger partial charge in [0, 0.05) is 17.0 Å². The van der Waals surface area contributed by atoms with Gasteiger partial charge in [-0.25, -0.2) is 4.99 Å². The van der Waals surface area contributed by atoms with Crippen LogP contribution >= 0.6 is 34.5 Å². The molecule has 0 saturated carbocycles. The lowest BCUT2D eigenvalue weighted by Gasteiger charge is -2.13. The lowest BCUT2D eigenvalue weighted by molar-refractivity contribution is 0.0967. The summed E-state index contributed by atoms with van der Waals surface area (Å²) in [6.07, 6.45) is 4.03. The van der Waals surface area contributed by atoms with Gasteiger partial charge in [0.1, 0.15) is 0 Å². The van der Waals surface area contributed by atoms with E-state index in [-0.39, 0.29) is 6.10 Å². The molecule has 2 aromatic heterocycles. The summed E-state index contributed by atoms with van der Waals surface area (Å²) in [7, 11) is 0. The highest BCUT2D eigenvalue weighted by Crippen LogP contribution is 2.28. The summed E-state index contributed by atoms with van der Waals surface area (Å²) in [5, 5.41) is 3.18. The van der Waals surface area contributed by atoms with Crippen LogP contribution < -0.4 is 4.80 Å². The minimum absolute atomic E-state index is 0.197. The first kappa shape index (κ1) is 16.9. The van der Waals surface area contributed by atoms with Crippen LogP contribution in [0.2, 0.25) is 10.0 Å². The third kappa shape index (κ3) is 3.70. The maximum Gasteiger partial charge on any atom is 0.190 e. The van der Waals surface area contributed by atoms with Crippen LogP contribution in [0, 0.1) is 0 Å². The number of nitrogens with zero attached hydrogens (tertiary/aromatic N) is 2. The summed E-state index contributed by atoms with van der Waals surface area (Å²) in [4.78, 5) is 5.60. The lowest BCUT2D eigenvalue weighted by atomic mass is 10.2. The number of aromatic nitrogens is 1. The fourth-order valence-corrected chi connectivity index (χ4v) is 4.25. The molecule has 3 heterocycles. The maximum atomic E-state index is 6.28. The molecule has 0 aliphatic carbocycles. The first-order chi connectivity index (χ1) is 12.2. The SMILES string of the molecule is Clc1ccc(N=c2scc(-c3ccco3)n2CC2CCCO2)c(Cl)c1. The van der Waals surface area contributed by atoms with E-state index >= 15 is 0 Å². The molecule has 1 saturated heterocycles. The minimum atomic E-state index is 0.197. The molecule has 0 radical (unpaired) electrons. The molecule has 1 fully saturated rings. The van der Waals surface area contributed by atoms with Crippen molar-refractivity contribution >= 4 is 40.2 Å². The van der Waals surface area contributed by atoms with Gasteiger partial charge in [-0.2, -0.15) is 0 Å². The summed E-state index contributed by atoms with van der Waals surface area (Å²) >= 11 is 13.8. The van der Waals surface area contributed by atoms with Crippen molar-refractivity contribution in [3.05, 3.63) is 56.8 Å². The van der Waals surface area contributed by atoms with Crippen molar-refractivity contribution < 1.29 is 9.15 Å². The van der Waals surface area contributed by atoms with Crippen LogP contribution in [0.1, 0.15) is 12.8 Å². The first-order valence-electron chi connectivity index (χ1n) is 8.04. The smallest absolute Gasteiger partial charge is 0.190 e. The zero-order valence-electron chi connectivity index (χ0n) is 13.3. The van der Waals surface area contributed by atoms with Crippen LogP contribution in [0.5, 0.6) is 0 Å². The Bertz CT molecular complexity index is 925. The van der Waals surface area contributed by atoms with E-state index in [1.807, 2.05) is 18.2 Å². The van der Waals surface area contributed by atoms with E-state index in [9.17, 15) is 0 Å². The summed E-state index contributed by atoms with van der Waals surface area (Å²) in [6.45, 7) is 1.56. The van der Waals surface area contributed by atoms with Crippen molar-refractivity contribution in [2.24, 2.45) is 4.99 Å². The predicted octanol–water partition coefficient (Wildman–Crippen LogP) is 5.53. The van der Waals surface area contributed by atoms with Crippen molar-refractivity contribution in [2.45, 2.75) is 25.5 Å². The fourth-order valence-electron chi connectivity index (χ4n) is 2.88. The minimum Gasteiger partial charge on any atom is -0.463 e. The summed E-state index contributed by atoms with van der Waals surface area (Å²) in [5.41, 5.74) is 1.69. The lowest BCUT2D eigenvalue weighted by Crippen LogP contribution is -2.23. The molecule has 25 heavy (non-hydrogen) atoms. The first-order valence-corrected chi connectivity index (χ1v) is 9.68.